The SMILES string of the molecule is O=S(=O)(CC(O)C1CC1)c1cccc(C(F)(F)F)c1. The number of aliphatic hydroxyl groups excluding tert-OH is 1. The van der Waals surface area contributed by atoms with Crippen molar-refractivity contribution in [3.8, 4) is 0 Å². The molecule has 0 saturated heterocycles. The van der Waals surface area contributed by atoms with Crippen molar-refractivity contribution in [3.63, 3.8) is 0 Å². The van der Waals surface area contributed by atoms with E-state index in [2.05, 4.69) is 0 Å². The molecule has 1 aliphatic rings. The van der Waals surface area contributed by atoms with E-state index in [-0.39, 0.29) is 5.92 Å². The first kappa shape index (κ1) is 14.3. The maximum Gasteiger partial charge on any atom is 0.416 e. The van der Waals surface area contributed by atoms with Gasteiger partial charge in [-0.05, 0) is 37.0 Å². The first-order valence-corrected chi connectivity index (χ1v) is 7.43. The normalized spacial score (nSPS) is 18.3. The van der Waals surface area contributed by atoms with Crippen LogP contribution in [0.4, 0.5) is 13.2 Å². The summed E-state index contributed by atoms with van der Waals surface area (Å²) in [6, 6.07) is 3.59. The Morgan fingerprint density at radius 1 is 1.32 bits per heavy atom. The predicted molar refractivity (Wildman–Crippen MR) is 62.2 cm³/mol. The minimum atomic E-state index is -4.58. The number of halogens is 3. The van der Waals surface area contributed by atoms with Gasteiger partial charge >= 0.3 is 6.18 Å². The molecule has 0 spiro atoms. The maximum atomic E-state index is 12.5. The predicted octanol–water partition coefficient (Wildman–Crippen LogP) is 2.25. The van der Waals surface area contributed by atoms with E-state index in [9.17, 15) is 26.7 Å². The van der Waals surface area contributed by atoms with Crippen LogP contribution in [0.5, 0.6) is 0 Å². The molecule has 1 aromatic rings. The molecule has 0 heterocycles. The van der Waals surface area contributed by atoms with Crippen molar-refractivity contribution >= 4 is 9.84 Å². The minimum Gasteiger partial charge on any atom is -0.392 e. The lowest BCUT2D eigenvalue weighted by Gasteiger charge is -2.12. The fourth-order valence-corrected chi connectivity index (χ4v) is 3.31. The summed E-state index contributed by atoms with van der Waals surface area (Å²) in [5.41, 5.74) is -1.01. The molecule has 1 aliphatic carbocycles. The van der Waals surface area contributed by atoms with Gasteiger partial charge in [0.15, 0.2) is 9.84 Å². The van der Waals surface area contributed by atoms with Gasteiger partial charge in [0.25, 0.3) is 0 Å². The van der Waals surface area contributed by atoms with Gasteiger partial charge < -0.3 is 5.11 Å². The Balaban J connectivity index is 2.24. The van der Waals surface area contributed by atoms with E-state index in [1.807, 2.05) is 0 Å². The van der Waals surface area contributed by atoms with Crippen LogP contribution in [0.25, 0.3) is 0 Å². The minimum absolute atomic E-state index is 0.0411. The summed E-state index contributed by atoms with van der Waals surface area (Å²) in [6.45, 7) is 0. The Kier molecular flexibility index (Phi) is 3.61. The van der Waals surface area contributed by atoms with Gasteiger partial charge in [0, 0.05) is 0 Å². The molecule has 0 aromatic heterocycles. The van der Waals surface area contributed by atoms with Crippen LogP contribution in [0.2, 0.25) is 0 Å². The third kappa shape index (κ3) is 3.48. The lowest BCUT2D eigenvalue weighted by atomic mass is 10.2. The maximum absolute atomic E-state index is 12.5. The van der Waals surface area contributed by atoms with Crippen LogP contribution in [0.3, 0.4) is 0 Å². The van der Waals surface area contributed by atoms with Crippen LogP contribution in [-0.2, 0) is 16.0 Å². The van der Waals surface area contributed by atoms with Gasteiger partial charge in [0.1, 0.15) is 0 Å². The molecule has 0 bridgehead atoms. The lowest BCUT2D eigenvalue weighted by molar-refractivity contribution is -0.137. The molecule has 1 fully saturated rings. The Morgan fingerprint density at radius 2 is 1.95 bits per heavy atom. The van der Waals surface area contributed by atoms with Gasteiger partial charge in [-0.1, -0.05) is 6.07 Å². The second-order valence-electron chi connectivity index (χ2n) is 4.71. The average Bonchev–Trinajstić information content (AvgIpc) is 3.11. The molecule has 1 unspecified atom stereocenters. The summed E-state index contributed by atoms with van der Waals surface area (Å²) in [6.07, 6.45) is -4.06. The van der Waals surface area contributed by atoms with Crippen LogP contribution in [0, 0.1) is 5.92 Å². The van der Waals surface area contributed by atoms with Crippen molar-refractivity contribution in [1.82, 2.24) is 0 Å². The molecule has 1 N–H and O–H groups in total. The van der Waals surface area contributed by atoms with Crippen LogP contribution in [0.15, 0.2) is 29.2 Å². The molecular formula is C12H13F3O3S. The molecule has 106 valence electrons. The quantitative estimate of drug-likeness (QED) is 0.926. The van der Waals surface area contributed by atoms with E-state index < -0.39 is 38.3 Å². The lowest BCUT2D eigenvalue weighted by Crippen LogP contribution is -2.23. The Hall–Kier alpha value is -1.08. The number of hydrogen-bond acceptors (Lipinski definition) is 3. The van der Waals surface area contributed by atoms with E-state index in [0.717, 1.165) is 31.0 Å². The highest BCUT2D eigenvalue weighted by Crippen LogP contribution is 2.34. The summed E-state index contributed by atoms with van der Waals surface area (Å²) in [7, 11) is -3.90. The molecule has 0 amide bonds. The molecular weight excluding hydrogens is 281 g/mol. The van der Waals surface area contributed by atoms with Gasteiger partial charge in [0.2, 0.25) is 0 Å². The molecule has 0 aliphatic heterocycles. The standard InChI is InChI=1S/C12H13F3O3S/c13-12(14,15)9-2-1-3-10(6-9)19(17,18)7-11(16)8-4-5-8/h1-3,6,8,11,16H,4-5,7H2. The van der Waals surface area contributed by atoms with Crippen molar-refractivity contribution in [2.75, 3.05) is 5.75 Å². The third-order valence-corrected chi connectivity index (χ3v) is 4.83. The van der Waals surface area contributed by atoms with Gasteiger partial charge in [0.05, 0.1) is 22.3 Å². The number of rotatable bonds is 4. The first-order valence-electron chi connectivity index (χ1n) is 5.78. The fraction of sp³-hybridized carbons (Fsp3) is 0.500. The largest absolute Gasteiger partial charge is 0.416 e. The zero-order chi connectivity index (χ0) is 14.3. The second-order valence-corrected chi connectivity index (χ2v) is 6.75. The summed E-state index contributed by atoms with van der Waals surface area (Å²) < 4.78 is 61.4. The topological polar surface area (TPSA) is 54.4 Å². The fourth-order valence-electron chi connectivity index (χ4n) is 1.80. The number of benzene rings is 1. The van der Waals surface area contributed by atoms with Crippen LogP contribution < -0.4 is 0 Å². The molecule has 19 heavy (non-hydrogen) atoms. The smallest absolute Gasteiger partial charge is 0.392 e. The molecule has 1 atom stereocenters. The van der Waals surface area contributed by atoms with Crippen LogP contribution in [0.1, 0.15) is 18.4 Å². The Labute approximate surface area is 109 Å². The average molecular weight is 294 g/mol. The highest BCUT2D eigenvalue weighted by atomic mass is 32.2. The number of hydrogen-bond donors (Lipinski definition) is 1. The summed E-state index contributed by atoms with van der Waals surface area (Å²) in [5.74, 6) is -0.570. The van der Waals surface area contributed by atoms with Gasteiger partial charge in [-0.15, -0.1) is 0 Å². The zero-order valence-electron chi connectivity index (χ0n) is 9.89. The van der Waals surface area contributed by atoms with E-state index in [0.29, 0.717) is 6.07 Å². The van der Waals surface area contributed by atoms with Gasteiger partial charge in [-0.3, -0.25) is 0 Å². The highest BCUT2D eigenvalue weighted by molar-refractivity contribution is 7.91. The molecule has 7 heteroatoms. The van der Waals surface area contributed by atoms with Gasteiger partial charge in [-0.25, -0.2) is 8.42 Å². The van der Waals surface area contributed by atoms with Crippen molar-refractivity contribution in [1.29, 1.82) is 0 Å². The highest BCUT2D eigenvalue weighted by Gasteiger charge is 2.35. The summed E-state index contributed by atoms with van der Waals surface area (Å²) >= 11 is 0. The Morgan fingerprint density at radius 3 is 2.47 bits per heavy atom. The molecule has 1 saturated carbocycles. The van der Waals surface area contributed by atoms with Crippen LogP contribution >= 0.6 is 0 Å². The number of sulfone groups is 1. The number of alkyl halides is 3. The third-order valence-electron chi connectivity index (χ3n) is 3.08. The van der Waals surface area contributed by atoms with E-state index >= 15 is 0 Å². The van der Waals surface area contributed by atoms with E-state index in [1.165, 1.54) is 0 Å². The summed E-state index contributed by atoms with van der Waals surface area (Å²) in [5, 5.41) is 9.61. The Bertz CT molecular complexity index is 562. The van der Waals surface area contributed by atoms with Crippen LogP contribution in [-0.4, -0.2) is 25.4 Å². The molecule has 0 radical (unpaired) electrons. The molecule has 3 nitrogen and oxygen atoms in total. The zero-order valence-corrected chi connectivity index (χ0v) is 10.7. The molecule has 2 rings (SSSR count). The molecule has 1 aromatic carbocycles. The monoisotopic (exact) mass is 294 g/mol. The summed E-state index contributed by atoms with van der Waals surface area (Å²) in [4.78, 5) is -0.401. The van der Waals surface area contributed by atoms with Crippen molar-refractivity contribution in [2.45, 2.75) is 30.0 Å². The van der Waals surface area contributed by atoms with E-state index in [1.54, 1.807) is 0 Å². The van der Waals surface area contributed by atoms with Crippen molar-refractivity contribution in [2.24, 2.45) is 5.92 Å². The van der Waals surface area contributed by atoms with Gasteiger partial charge in [-0.2, -0.15) is 13.2 Å². The van der Waals surface area contributed by atoms with Crippen molar-refractivity contribution in [3.05, 3.63) is 29.8 Å². The number of aliphatic hydroxyl groups is 1. The van der Waals surface area contributed by atoms with Crippen molar-refractivity contribution < 1.29 is 26.7 Å². The second kappa shape index (κ2) is 4.79. The first-order chi connectivity index (χ1) is 8.70. The van der Waals surface area contributed by atoms with E-state index in [4.69, 9.17) is 0 Å².